The van der Waals surface area contributed by atoms with Crippen LogP contribution in [0.1, 0.15) is 11.1 Å². The molecule has 0 saturated carbocycles. The second-order valence-electron chi connectivity index (χ2n) is 7.11. The van der Waals surface area contributed by atoms with Gasteiger partial charge in [-0.3, -0.25) is 19.0 Å². The molecule has 0 radical (unpaired) electrons. The van der Waals surface area contributed by atoms with E-state index in [-0.39, 0.29) is 18.9 Å². The number of nitrogens with one attached hydrogen (secondary N) is 1. The van der Waals surface area contributed by atoms with E-state index in [1.807, 2.05) is 36.1 Å². The molecule has 1 amide bonds. The van der Waals surface area contributed by atoms with Crippen LogP contribution < -0.4 is 21.3 Å². The maximum Gasteiger partial charge on any atom is 0.333 e. The van der Waals surface area contributed by atoms with Crippen LogP contribution in [0.4, 0.5) is 16.0 Å². The van der Waals surface area contributed by atoms with Gasteiger partial charge in [0, 0.05) is 25.3 Å². The maximum absolute atomic E-state index is 13.0. The highest BCUT2D eigenvalue weighted by Crippen LogP contribution is 2.26. The van der Waals surface area contributed by atoms with E-state index in [0.717, 1.165) is 15.9 Å². The molecule has 9 heteroatoms. The molecule has 2 aromatic carbocycles. The number of amides is 1. The van der Waals surface area contributed by atoms with E-state index >= 15 is 0 Å². The second-order valence-corrected chi connectivity index (χ2v) is 7.11. The zero-order valence-corrected chi connectivity index (χ0v) is 16.3. The average Bonchev–Trinajstić information content (AvgIpc) is 3.16. The molecule has 0 unspecified atom stereocenters. The second kappa shape index (κ2) is 7.94. The third-order valence-corrected chi connectivity index (χ3v) is 4.94. The Morgan fingerprint density at radius 1 is 1.03 bits per heavy atom. The smallest absolute Gasteiger partial charge is 0.333 e. The number of carbonyl (C=O) groups excluding carboxylic acids is 1. The molecule has 1 aliphatic heterocycles. The van der Waals surface area contributed by atoms with E-state index in [2.05, 4.69) is 10.4 Å². The normalized spacial score (nSPS) is 12.7. The number of hydrogen-bond acceptors (Lipinski definition) is 5. The van der Waals surface area contributed by atoms with Crippen molar-refractivity contribution < 1.29 is 9.18 Å². The number of carbonyl (C=O) groups is 1. The highest BCUT2D eigenvalue weighted by molar-refractivity contribution is 5.75. The van der Waals surface area contributed by atoms with E-state index < -0.39 is 17.0 Å². The molecule has 0 atom stereocenters. The van der Waals surface area contributed by atoms with Crippen LogP contribution in [0.2, 0.25) is 0 Å². The topological polar surface area (TPSA) is 89.2 Å². The number of rotatable bonds is 5. The Bertz CT molecular complexity index is 1200. The van der Waals surface area contributed by atoms with Crippen LogP contribution >= 0.6 is 0 Å². The molecule has 0 bridgehead atoms. The molecule has 4 rings (SSSR count). The number of hydrogen-bond donors (Lipinski definition) is 1. The quantitative estimate of drug-likeness (QED) is 0.642. The molecule has 30 heavy (non-hydrogen) atoms. The minimum atomic E-state index is -0.846. The van der Waals surface area contributed by atoms with Gasteiger partial charge in [-0.15, -0.1) is 5.10 Å². The first-order valence-electron chi connectivity index (χ1n) is 9.50. The summed E-state index contributed by atoms with van der Waals surface area (Å²) in [6, 6.07) is 13.5. The Kier molecular flexibility index (Phi) is 5.18. The van der Waals surface area contributed by atoms with Crippen LogP contribution in [-0.2, 0) is 24.4 Å². The van der Waals surface area contributed by atoms with Gasteiger partial charge < -0.3 is 10.2 Å². The van der Waals surface area contributed by atoms with Crippen molar-refractivity contribution in [2.45, 2.75) is 26.6 Å². The van der Waals surface area contributed by atoms with Gasteiger partial charge in [0.1, 0.15) is 12.4 Å². The van der Waals surface area contributed by atoms with Crippen molar-refractivity contribution in [2.75, 3.05) is 11.4 Å². The molecule has 0 saturated heterocycles. The molecule has 0 spiro atoms. The van der Waals surface area contributed by atoms with E-state index in [0.29, 0.717) is 24.6 Å². The number of fused-ring (bicyclic) bond motifs is 1. The van der Waals surface area contributed by atoms with Crippen molar-refractivity contribution in [1.82, 2.24) is 19.7 Å². The summed E-state index contributed by atoms with van der Waals surface area (Å²) in [5, 5.41) is 6.93. The number of aryl methyl sites for hydroxylation is 1. The number of anilines is 2. The zero-order chi connectivity index (χ0) is 21.3. The molecule has 8 nitrogen and oxygen atoms in total. The van der Waals surface area contributed by atoms with Crippen LogP contribution in [0.25, 0.3) is 0 Å². The first kappa shape index (κ1) is 19.6. The van der Waals surface area contributed by atoms with Gasteiger partial charge in [-0.05, 0) is 36.8 Å². The van der Waals surface area contributed by atoms with Crippen LogP contribution in [0, 0.1) is 12.7 Å². The molecule has 154 valence electrons. The first-order valence-corrected chi connectivity index (χ1v) is 9.50. The summed E-state index contributed by atoms with van der Waals surface area (Å²) in [5.74, 6) is -0.509. The summed E-state index contributed by atoms with van der Waals surface area (Å²) in [6.45, 7) is 2.62. The van der Waals surface area contributed by atoms with Crippen molar-refractivity contribution in [3.8, 4) is 0 Å². The van der Waals surface area contributed by atoms with Gasteiger partial charge in [-0.25, -0.2) is 9.07 Å². The Morgan fingerprint density at radius 3 is 2.43 bits per heavy atom. The molecule has 1 aromatic heterocycles. The number of benzene rings is 2. The Morgan fingerprint density at radius 2 is 1.73 bits per heavy atom. The number of nitrogens with zero attached hydrogens (tertiary/aromatic N) is 4. The zero-order valence-electron chi connectivity index (χ0n) is 16.3. The fraction of sp³-hybridized carbons (Fsp3) is 0.238. The molecular weight excluding hydrogens is 389 g/mol. The van der Waals surface area contributed by atoms with Crippen molar-refractivity contribution in [1.29, 1.82) is 0 Å². The lowest BCUT2D eigenvalue weighted by molar-refractivity contribution is -0.122. The van der Waals surface area contributed by atoms with Crippen molar-refractivity contribution in [3.63, 3.8) is 0 Å². The SMILES string of the molecule is Cc1ccc(N2CCn3c2nn(CC(=O)NCc2ccc(F)cc2)c(=O)c3=O)cc1. The third-order valence-electron chi connectivity index (χ3n) is 4.94. The first-order chi connectivity index (χ1) is 14.4. The van der Waals surface area contributed by atoms with E-state index in [1.165, 1.54) is 16.7 Å². The van der Waals surface area contributed by atoms with Gasteiger partial charge in [0.15, 0.2) is 0 Å². The Hall–Kier alpha value is -3.75. The standard InChI is InChI=1S/C21H20FN5O3/c1-14-2-8-17(9-3-14)25-10-11-26-19(29)20(30)27(24-21(25)26)13-18(28)23-12-15-4-6-16(22)7-5-15/h2-9H,10-13H2,1H3,(H,23,28). The molecule has 0 aliphatic carbocycles. The highest BCUT2D eigenvalue weighted by Gasteiger charge is 2.26. The summed E-state index contributed by atoms with van der Waals surface area (Å²) in [4.78, 5) is 39.0. The maximum atomic E-state index is 13.0. The van der Waals surface area contributed by atoms with Crippen LogP contribution in [0.5, 0.6) is 0 Å². The van der Waals surface area contributed by atoms with Crippen LogP contribution in [0.3, 0.4) is 0 Å². The minimum absolute atomic E-state index is 0.174. The predicted molar refractivity (Wildman–Crippen MR) is 109 cm³/mol. The molecule has 3 aromatic rings. The fourth-order valence-corrected chi connectivity index (χ4v) is 3.30. The van der Waals surface area contributed by atoms with E-state index in [9.17, 15) is 18.8 Å². The van der Waals surface area contributed by atoms with Gasteiger partial charge >= 0.3 is 11.1 Å². The van der Waals surface area contributed by atoms with E-state index in [1.54, 1.807) is 12.1 Å². The van der Waals surface area contributed by atoms with Crippen molar-refractivity contribution in [2.24, 2.45) is 0 Å². The molecule has 0 fully saturated rings. The lowest BCUT2D eigenvalue weighted by Gasteiger charge is -2.18. The van der Waals surface area contributed by atoms with Gasteiger partial charge in [0.25, 0.3) is 0 Å². The summed E-state index contributed by atoms with van der Waals surface area (Å²) in [6.07, 6.45) is 0. The summed E-state index contributed by atoms with van der Waals surface area (Å²) in [7, 11) is 0. The average molecular weight is 409 g/mol. The molecule has 2 heterocycles. The summed E-state index contributed by atoms with van der Waals surface area (Å²) >= 11 is 0. The number of halogens is 1. The third kappa shape index (κ3) is 3.86. The summed E-state index contributed by atoms with van der Waals surface area (Å²) in [5.41, 5.74) is 1.11. The molecule has 1 N–H and O–H groups in total. The Labute approximate surface area is 171 Å². The van der Waals surface area contributed by atoms with Gasteiger partial charge in [0.2, 0.25) is 11.9 Å². The van der Waals surface area contributed by atoms with Crippen molar-refractivity contribution in [3.05, 3.63) is 86.2 Å². The largest absolute Gasteiger partial charge is 0.350 e. The molecular formula is C21H20FN5O3. The monoisotopic (exact) mass is 409 g/mol. The lowest BCUT2D eigenvalue weighted by atomic mass is 10.2. The van der Waals surface area contributed by atoms with Crippen molar-refractivity contribution >= 4 is 17.5 Å². The van der Waals surface area contributed by atoms with Crippen LogP contribution in [-0.4, -0.2) is 26.8 Å². The number of aromatic nitrogens is 3. The fourth-order valence-electron chi connectivity index (χ4n) is 3.30. The Balaban J connectivity index is 1.55. The van der Waals surface area contributed by atoms with Gasteiger partial charge in [0.05, 0.1) is 0 Å². The molecule has 1 aliphatic rings. The predicted octanol–water partition coefficient (Wildman–Crippen LogP) is 1.32. The minimum Gasteiger partial charge on any atom is -0.350 e. The van der Waals surface area contributed by atoms with E-state index in [4.69, 9.17) is 0 Å². The lowest BCUT2D eigenvalue weighted by Crippen LogP contribution is -2.44. The van der Waals surface area contributed by atoms with Crippen LogP contribution in [0.15, 0.2) is 58.1 Å². The van der Waals surface area contributed by atoms with Gasteiger partial charge in [-0.1, -0.05) is 29.8 Å². The van der Waals surface area contributed by atoms with Gasteiger partial charge in [-0.2, -0.15) is 0 Å². The summed E-state index contributed by atoms with van der Waals surface area (Å²) < 4.78 is 15.2. The highest BCUT2D eigenvalue weighted by atomic mass is 19.1.